The van der Waals surface area contributed by atoms with Crippen LogP contribution in [0.25, 0.3) is 0 Å². The van der Waals surface area contributed by atoms with Crippen LogP contribution < -0.4 is 0 Å². The second-order valence-electron chi connectivity index (χ2n) is 1.94. The van der Waals surface area contributed by atoms with Crippen LogP contribution in [0, 0.1) is 0 Å². The van der Waals surface area contributed by atoms with Crippen molar-refractivity contribution in [1.29, 1.82) is 0 Å². The minimum atomic E-state index is -0.278. The van der Waals surface area contributed by atoms with E-state index in [2.05, 4.69) is 6.58 Å². The molecule has 8 heavy (non-hydrogen) atoms. The highest BCUT2D eigenvalue weighted by Crippen LogP contribution is 2.05. The van der Waals surface area contributed by atoms with E-state index in [1.165, 1.54) is 0 Å². The molecule has 0 aromatic rings. The lowest BCUT2D eigenvalue weighted by Gasteiger charge is -2.07. The van der Waals surface area contributed by atoms with Gasteiger partial charge in [-0.25, -0.2) is 0 Å². The van der Waals surface area contributed by atoms with Crippen molar-refractivity contribution in [3.63, 3.8) is 0 Å². The Hall–Kier alpha value is -0.300. The molecule has 0 aliphatic heterocycles. The van der Waals surface area contributed by atoms with Crippen LogP contribution in [0.15, 0.2) is 12.2 Å². The van der Waals surface area contributed by atoms with Gasteiger partial charge in [0.1, 0.15) is 0 Å². The van der Waals surface area contributed by atoms with E-state index in [1.807, 2.05) is 13.8 Å². The average Bonchev–Trinajstić information content (AvgIpc) is 1.84. The van der Waals surface area contributed by atoms with Gasteiger partial charge in [-0.05, 0) is 18.4 Å². The zero-order valence-electron chi connectivity index (χ0n) is 5.65. The van der Waals surface area contributed by atoms with Crippen LogP contribution in [0.3, 0.4) is 0 Å². The van der Waals surface area contributed by atoms with Crippen molar-refractivity contribution in [3.8, 4) is 0 Å². The number of aliphatic hydroxyl groups is 1. The van der Waals surface area contributed by atoms with Gasteiger partial charge in [-0.1, -0.05) is 20.4 Å². The minimum Gasteiger partial charge on any atom is -0.389 e. The van der Waals surface area contributed by atoms with Crippen molar-refractivity contribution in [2.45, 2.75) is 32.8 Å². The average molecular weight is 114 g/mol. The molecule has 0 unspecified atom stereocenters. The topological polar surface area (TPSA) is 20.2 Å². The largest absolute Gasteiger partial charge is 0.389 e. The van der Waals surface area contributed by atoms with Crippen molar-refractivity contribution in [2.24, 2.45) is 0 Å². The molecule has 1 nitrogen and oxygen atoms in total. The Bertz CT molecular complexity index is 76.5. The second-order valence-corrected chi connectivity index (χ2v) is 1.94. The summed E-state index contributed by atoms with van der Waals surface area (Å²) < 4.78 is 0. The van der Waals surface area contributed by atoms with E-state index in [0.717, 1.165) is 18.4 Å². The van der Waals surface area contributed by atoms with Gasteiger partial charge in [-0.3, -0.25) is 0 Å². The zero-order valence-corrected chi connectivity index (χ0v) is 5.65. The molecule has 0 aromatic carbocycles. The summed E-state index contributed by atoms with van der Waals surface area (Å²) in [5, 5.41) is 9.03. The molecule has 1 N–H and O–H groups in total. The third kappa shape index (κ3) is 2.12. The molecule has 0 heterocycles. The fourth-order valence-electron chi connectivity index (χ4n) is 0.524. The van der Waals surface area contributed by atoms with Gasteiger partial charge in [0, 0.05) is 0 Å². The third-order valence-corrected chi connectivity index (χ3v) is 1.31. The van der Waals surface area contributed by atoms with Gasteiger partial charge in [0.25, 0.3) is 0 Å². The molecule has 0 saturated heterocycles. The van der Waals surface area contributed by atoms with Crippen LogP contribution in [0.1, 0.15) is 26.7 Å². The Labute approximate surface area is 51.0 Å². The minimum absolute atomic E-state index is 0.278. The fourth-order valence-corrected chi connectivity index (χ4v) is 0.524. The molecule has 0 fully saturated rings. The SMILES string of the molecule is C=C(CC)[C@@H](O)CC. The van der Waals surface area contributed by atoms with Crippen molar-refractivity contribution in [1.82, 2.24) is 0 Å². The van der Waals surface area contributed by atoms with Gasteiger partial charge in [-0.2, -0.15) is 0 Å². The van der Waals surface area contributed by atoms with Gasteiger partial charge in [0.2, 0.25) is 0 Å². The van der Waals surface area contributed by atoms with Crippen molar-refractivity contribution >= 4 is 0 Å². The van der Waals surface area contributed by atoms with Gasteiger partial charge in [0.05, 0.1) is 6.10 Å². The predicted octanol–water partition coefficient (Wildman–Crippen LogP) is 1.72. The lowest BCUT2D eigenvalue weighted by Crippen LogP contribution is -2.05. The molecule has 0 aliphatic carbocycles. The van der Waals surface area contributed by atoms with Crippen LogP contribution >= 0.6 is 0 Å². The highest BCUT2D eigenvalue weighted by molar-refractivity contribution is 4.99. The summed E-state index contributed by atoms with van der Waals surface area (Å²) in [5.41, 5.74) is 0.938. The van der Waals surface area contributed by atoms with Crippen molar-refractivity contribution < 1.29 is 5.11 Å². The smallest absolute Gasteiger partial charge is 0.0744 e. The number of hydrogen-bond acceptors (Lipinski definition) is 1. The first-order valence-electron chi connectivity index (χ1n) is 3.08. The molecule has 0 aliphatic rings. The fraction of sp³-hybridized carbons (Fsp3) is 0.714. The first-order chi connectivity index (χ1) is 3.72. The maximum absolute atomic E-state index is 9.03. The first-order valence-corrected chi connectivity index (χ1v) is 3.08. The van der Waals surface area contributed by atoms with Gasteiger partial charge >= 0.3 is 0 Å². The summed E-state index contributed by atoms with van der Waals surface area (Å²) in [6.07, 6.45) is 1.39. The molecule has 0 spiro atoms. The van der Waals surface area contributed by atoms with E-state index in [0.29, 0.717) is 0 Å². The quantitative estimate of drug-likeness (QED) is 0.554. The van der Waals surface area contributed by atoms with E-state index in [4.69, 9.17) is 5.11 Å². The van der Waals surface area contributed by atoms with Crippen LogP contribution in [0.2, 0.25) is 0 Å². The summed E-state index contributed by atoms with van der Waals surface area (Å²) >= 11 is 0. The molecule has 0 bridgehead atoms. The number of rotatable bonds is 3. The van der Waals surface area contributed by atoms with Crippen molar-refractivity contribution in [2.75, 3.05) is 0 Å². The highest BCUT2D eigenvalue weighted by atomic mass is 16.3. The summed E-state index contributed by atoms with van der Waals surface area (Å²) in [6, 6.07) is 0. The maximum atomic E-state index is 9.03. The number of hydrogen-bond donors (Lipinski definition) is 1. The van der Waals surface area contributed by atoms with E-state index in [1.54, 1.807) is 0 Å². The standard InChI is InChI=1S/C7H14O/c1-4-6(3)7(8)5-2/h7-8H,3-5H2,1-2H3/t7-/m0/s1. The molecule has 0 rings (SSSR count). The third-order valence-electron chi connectivity index (χ3n) is 1.31. The first kappa shape index (κ1) is 7.70. The molecule has 0 amide bonds. The zero-order chi connectivity index (χ0) is 6.57. The van der Waals surface area contributed by atoms with Crippen LogP contribution in [0.5, 0.6) is 0 Å². The Morgan fingerprint density at radius 1 is 1.62 bits per heavy atom. The summed E-state index contributed by atoms with van der Waals surface area (Å²) in [7, 11) is 0. The molecule has 0 aromatic heterocycles. The Balaban J connectivity index is 3.46. The van der Waals surface area contributed by atoms with Gasteiger partial charge in [-0.15, -0.1) is 0 Å². The van der Waals surface area contributed by atoms with E-state index >= 15 is 0 Å². The van der Waals surface area contributed by atoms with Crippen molar-refractivity contribution in [3.05, 3.63) is 12.2 Å². The summed E-state index contributed by atoms with van der Waals surface area (Å²) in [5.74, 6) is 0. The second kappa shape index (κ2) is 3.67. The van der Waals surface area contributed by atoms with E-state index < -0.39 is 0 Å². The van der Waals surface area contributed by atoms with Gasteiger partial charge in [0.15, 0.2) is 0 Å². The Morgan fingerprint density at radius 3 is 2.25 bits per heavy atom. The van der Waals surface area contributed by atoms with E-state index in [-0.39, 0.29) is 6.10 Å². The van der Waals surface area contributed by atoms with Gasteiger partial charge < -0.3 is 5.11 Å². The summed E-state index contributed by atoms with van der Waals surface area (Å²) in [4.78, 5) is 0. The Morgan fingerprint density at radius 2 is 2.12 bits per heavy atom. The lowest BCUT2D eigenvalue weighted by atomic mass is 10.1. The Kier molecular flexibility index (Phi) is 3.53. The molecular formula is C7H14O. The summed E-state index contributed by atoms with van der Waals surface area (Å²) in [6.45, 7) is 7.65. The predicted molar refractivity (Wildman–Crippen MR) is 35.7 cm³/mol. The molecule has 1 atom stereocenters. The molecular weight excluding hydrogens is 100 g/mol. The van der Waals surface area contributed by atoms with Crippen LogP contribution in [-0.4, -0.2) is 11.2 Å². The normalized spacial score (nSPS) is 13.4. The van der Waals surface area contributed by atoms with Crippen LogP contribution in [0.4, 0.5) is 0 Å². The monoisotopic (exact) mass is 114 g/mol. The molecule has 0 saturated carbocycles. The van der Waals surface area contributed by atoms with E-state index in [9.17, 15) is 0 Å². The highest BCUT2D eigenvalue weighted by Gasteiger charge is 2.00. The number of aliphatic hydroxyl groups excluding tert-OH is 1. The molecule has 0 radical (unpaired) electrons. The lowest BCUT2D eigenvalue weighted by molar-refractivity contribution is 0.204. The maximum Gasteiger partial charge on any atom is 0.0744 e. The van der Waals surface area contributed by atoms with Crippen LogP contribution in [-0.2, 0) is 0 Å². The molecule has 48 valence electrons. The molecule has 1 heteroatoms.